The van der Waals surface area contributed by atoms with Gasteiger partial charge in [-0.25, -0.2) is 14.6 Å². The highest BCUT2D eigenvalue weighted by molar-refractivity contribution is 7.98. The number of nitrogens with zero attached hydrogens (tertiary/aromatic N) is 4. The number of benzene rings is 1. The van der Waals surface area contributed by atoms with Crippen molar-refractivity contribution in [3.05, 3.63) is 47.2 Å². The van der Waals surface area contributed by atoms with Gasteiger partial charge in [-0.05, 0) is 43.5 Å². The summed E-state index contributed by atoms with van der Waals surface area (Å²) in [4.78, 5) is 32.3. The van der Waals surface area contributed by atoms with Crippen LogP contribution in [-0.4, -0.2) is 60.9 Å². The SMILES string of the molecule is CCOC(=O)c1cc(C#N)c(N2CCN(C(=O)Nc3ccc(SC)cc3)CC2)nc1C(F)(F)F. The summed E-state index contributed by atoms with van der Waals surface area (Å²) in [5.41, 5.74) is -1.76. The highest BCUT2D eigenvalue weighted by Gasteiger charge is 2.39. The van der Waals surface area contributed by atoms with Crippen LogP contribution in [0.1, 0.15) is 28.5 Å². The Hall–Kier alpha value is -3.46. The van der Waals surface area contributed by atoms with Gasteiger partial charge in [-0.2, -0.15) is 18.4 Å². The molecular weight excluding hydrogens is 471 g/mol. The van der Waals surface area contributed by atoms with Crippen LogP contribution in [0.15, 0.2) is 35.2 Å². The van der Waals surface area contributed by atoms with Gasteiger partial charge in [0, 0.05) is 36.8 Å². The second-order valence-electron chi connectivity index (χ2n) is 7.22. The normalized spacial score (nSPS) is 13.9. The number of anilines is 2. The summed E-state index contributed by atoms with van der Waals surface area (Å²) in [5.74, 6) is -1.38. The molecule has 0 unspecified atom stereocenters. The Morgan fingerprint density at radius 1 is 1.21 bits per heavy atom. The number of ether oxygens (including phenoxy) is 1. The molecule has 1 aromatic carbocycles. The van der Waals surface area contributed by atoms with Gasteiger partial charge in [-0.1, -0.05) is 0 Å². The van der Waals surface area contributed by atoms with Crippen LogP contribution in [-0.2, 0) is 10.9 Å². The number of nitriles is 1. The van der Waals surface area contributed by atoms with Crippen molar-refractivity contribution in [2.45, 2.75) is 18.0 Å². The largest absolute Gasteiger partial charge is 0.462 e. The highest BCUT2D eigenvalue weighted by Crippen LogP contribution is 2.34. The quantitative estimate of drug-likeness (QED) is 0.492. The van der Waals surface area contributed by atoms with Crippen LogP contribution in [0, 0.1) is 11.3 Å². The molecule has 1 saturated heterocycles. The van der Waals surface area contributed by atoms with Crippen molar-refractivity contribution in [3.8, 4) is 6.07 Å². The number of hydrogen-bond acceptors (Lipinski definition) is 7. The lowest BCUT2D eigenvalue weighted by atomic mass is 10.1. The first-order valence-electron chi connectivity index (χ1n) is 10.3. The van der Waals surface area contributed by atoms with Crippen LogP contribution in [0.4, 0.5) is 29.5 Å². The third-order valence-electron chi connectivity index (χ3n) is 5.09. The zero-order valence-corrected chi connectivity index (χ0v) is 19.3. The number of aromatic nitrogens is 1. The number of rotatable bonds is 5. The Labute approximate surface area is 198 Å². The lowest BCUT2D eigenvalue weighted by Gasteiger charge is -2.36. The third-order valence-corrected chi connectivity index (χ3v) is 5.84. The highest BCUT2D eigenvalue weighted by atomic mass is 32.2. The van der Waals surface area contributed by atoms with Gasteiger partial charge >= 0.3 is 18.2 Å². The molecule has 0 bridgehead atoms. The second-order valence-corrected chi connectivity index (χ2v) is 8.10. The van der Waals surface area contributed by atoms with Crippen LogP contribution in [0.3, 0.4) is 0 Å². The van der Waals surface area contributed by atoms with E-state index < -0.39 is 23.4 Å². The summed E-state index contributed by atoms with van der Waals surface area (Å²) in [5, 5.41) is 12.3. The van der Waals surface area contributed by atoms with Crippen LogP contribution in [0.5, 0.6) is 0 Å². The summed E-state index contributed by atoms with van der Waals surface area (Å²) < 4.78 is 45.6. The van der Waals surface area contributed by atoms with Crippen molar-refractivity contribution in [2.24, 2.45) is 0 Å². The van der Waals surface area contributed by atoms with Crippen molar-refractivity contribution >= 4 is 35.3 Å². The van der Waals surface area contributed by atoms with Crippen molar-refractivity contribution < 1.29 is 27.5 Å². The van der Waals surface area contributed by atoms with E-state index in [-0.39, 0.29) is 50.2 Å². The van der Waals surface area contributed by atoms with Crippen molar-refractivity contribution in [1.82, 2.24) is 9.88 Å². The van der Waals surface area contributed by atoms with E-state index >= 15 is 0 Å². The fourth-order valence-corrected chi connectivity index (χ4v) is 3.81. The Bertz CT molecular complexity index is 1090. The minimum Gasteiger partial charge on any atom is -0.462 e. The van der Waals surface area contributed by atoms with E-state index in [1.807, 2.05) is 24.5 Å². The number of esters is 1. The van der Waals surface area contributed by atoms with Gasteiger partial charge in [-0.3, -0.25) is 0 Å². The van der Waals surface area contributed by atoms with Crippen LogP contribution in [0.25, 0.3) is 0 Å². The van der Waals surface area contributed by atoms with E-state index in [2.05, 4.69) is 10.3 Å². The molecule has 1 aromatic heterocycles. The molecule has 1 fully saturated rings. The van der Waals surface area contributed by atoms with E-state index in [1.165, 1.54) is 16.7 Å². The summed E-state index contributed by atoms with van der Waals surface area (Å²) in [6.45, 7) is 2.09. The molecule has 1 N–H and O–H groups in total. The summed E-state index contributed by atoms with van der Waals surface area (Å²) in [6.07, 6.45) is -2.97. The molecule has 0 saturated carbocycles. The number of piperazine rings is 1. The molecule has 0 aliphatic carbocycles. The average Bonchev–Trinajstić information content (AvgIpc) is 2.83. The molecule has 2 heterocycles. The molecule has 3 rings (SSSR count). The fraction of sp³-hybridized carbons (Fsp3) is 0.364. The minimum absolute atomic E-state index is 0.120. The number of alkyl halides is 3. The van der Waals surface area contributed by atoms with E-state index in [1.54, 1.807) is 23.9 Å². The standard InChI is InChI=1S/C22H22F3N5O3S/c1-3-33-20(31)17-12-14(13-26)19(28-18(17)22(23,24)25)29-8-10-30(11-9-29)21(32)27-15-4-6-16(34-2)7-5-15/h4-7,12H,3,8-11H2,1-2H3,(H,27,32). The Morgan fingerprint density at radius 2 is 1.85 bits per heavy atom. The number of pyridine rings is 1. The molecule has 0 radical (unpaired) electrons. The maximum absolute atomic E-state index is 13.6. The van der Waals surface area contributed by atoms with Gasteiger partial charge in [0.2, 0.25) is 0 Å². The summed E-state index contributed by atoms with van der Waals surface area (Å²) >= 11 is 1.58. The zero-order chi connectivity index (χ0) is 24.9. The van der Waals surface area contributed by atoms with Gasteiger partial charge in [0.25, 0.3) is 0 Å². The van der Waals surface area contributed by atoms with Crippen molar-refractivity contribution in [2.75, 3.05) is 49.3 Å². The fourth-order valence-electron chi connectivity index (χ4n) is 3.41. The first-order chi connectivity index (χ1) is 16.2. The van der Waals surface area contributed by atoms with Gasteiger partial charge in [-0.15, -0.1) is 11.8 Å². The number of urea groups is 1. The van der Waals surface area contributed by atoms with Crippen LogP contribution >= 0.6 is 11.8 Å². The van der Waals surface area contributed by atoms with Gasteiger partial charge in [0.15, 0.2) is 5.69 Å². The first-order valence-corrected chi connectivity index (χ1v) is 11.5. The molecule has 2 aromatic rings. The number of nitrogens with one attached hydrogen (secondary N) is 1. The zero-order valence-electron chi connectivity index (χ0n) is 18.5. The van der Waals surface area contributed by atoms with E-state index in [4.69, 9.17) is 4.74 Å². The van der Waals surface area contributed by atoms with Crippen LogP contribution in [0.2, 0.25) is 0 Å². The number of carbonyl (C=O) groups excluding carboxylic acids is 2. The number of halogens is 3. The molecule has 12 heteroatoms. The second kappa shape index (κ2) is 10.6. The smallest absolute Gasteiger partial charge is 0.434 e. The van der Waals surface area contributed by atoms with Crippen LogP contribution < -0.4 is 10.2 Å². The predicted octanol–water partition coefficient (Wildman–Crippen LogP) is 4.22. The Kier molecular flexibility index (Phi) is 7.88. The van der Waals surface area contributed by atoms with E-state index in [9.17, 15) is 28.0 Å². The molecule has 0 atom stereocenters. The molecule has 2 amide bonds. The van der Waals surface area contributed by atoms with E-state index in [0.29, 0.717) is 5.69 Å². The maximum Gasteiger partial charge on any atom is 0.434 e. The third kappa shape index (κ3) is 5.72. The Morgan fingerprint density at radius 3 is 2.38 bits per heavy atom. The maximum atomic E-state index is 13.6. The molecule has 8 nitrogen and oxygen atoms in total. The molecule has 0 spiro atoms. The predicted molar refractivity (Wildman–Crippen MR) is 121 cm³/mol. The molecule has 180 valence electrons. The summed E-state index contributed by atoms with van der Waals surface area (Å²) in [6, 6.07) is 9.67. The first kappa shape index (κ1) is 25.2. The lowest BCUT2D eigenvalue weighted by molar-refractivity contribution is -0.141. The molecular formula is C22H22F3N5O3S. The molecule has 34 heavy (non-hydrogen) atoms. The monoisotopic (exact) mass is 493 g/mol. The molecule has 1 aliphatic heterocycles. The van der Waals surface area contributed by atoms with Gasteiger partial charge in [0.1, 0.15) is 11.9 Å². The van der Waals surface area contributed by atoms with Crippen molar-refractivity contribution in [1.29, 1.82) is 5.26 Å². The van der Waals surface area contributed by atoms with E-state index in [0.717, 1.165) is 11.0 Å². The average molecular weight is 494 g/mol. The topological polar surface area (TPSA) is 98.6 Å². The number of hydrogen-bond donors (Lipinski definition) is 1. The minimum atomic E-state index is -4.92. The van der Waals surface area contributed by atoms with Gasteiger partial charge in [0.05, 0.1) is 17.7 Å². The van der Waals surface area contributed by atoms with Gasteiger partial charge < -0.3 is 19.9 Å². The van der Waals surface area contributed by atoms with Crippen molar-refractivity contribution in [3.63, 3.8) is 0 Å². The number of thioether (sulfide) groups is 1. The number of carbonyl (C=O) groups is 2. The summed E-state index contributed by atoms with van der Waals surface area (Å²) in [7, 11) is 0. The Balaban J connectivity index is 1.76. The lowest BCUT2D eigenvalue weighted by Crippen LogP contribution is -2.50. The molecule has 1 aliphatic rings. The number of amides is 2.